The van der Waals surface area contributed by atoms with Crippen molar-refractivity contribution in [2.75, 3.05) is 0 Å². The molecule has 1 fully saturated rings. The van der Waals surface area contributed by atoms with Gasteiger partial charge >= 0.3 is 0 Å². The van der Waals surface area contributed by atoms with Crippen LogP contribution in [0.15, 0.2) is 42.7 Å². The van der Waals surface area contributed by atoms with Crippen LogP contribution in [0.1, 0.15) is 43.6 Å². The molecule has 0 aliphatic heterocycles. The molecule has 0 unspecified atom stereocenters. The van der Waals surface area contributed by atoms with E-state index in [1.54, 1.807) is 0 Å². The molecule has 4 rings (SSSR count). The Morgan fingerprint density at radius 2 is 2.05 bits per heavy atom. The number of nitrogens with one attached hydrogen (secondary N) is 1. The van der Waals surface area contributed by atoms with Gasteiger partial charge in [-0.25, -0.2) is 4.98 Å². The van der Waals surface area contributed by atoms with E-state index < -0.39 is 0 Å². The average molecular weight is 364 g/mol. The normalized spacial score (nSPS) is 15.6. The van der Waals surface area contributed by atoms with E-state index in [4.69, 9.17) is 0 Å². The summed E-state index contributed by atoms with van der Waals surface area (Å²) in [6.45, 7) is 0. The van der Waals surface area contributed by atoms with Gasteiger partial charge in [0.25, 0.3) is 0 Å². The van der Waals surface area contributed by atoms with E-state index >= 15 is 0 Å². The summed E-state index contributed by atoms with van der Waals surface area (Å²) in [5.74, 6) is 0.695. The predicted octanol–water partition coefficient (Wildman–Crippen LogP) is 5.08. The number of nitrogens with zero attached hydrogens (tertiary/aromatic N) is 1. The van der Waals surface area contributed by atoms with E-state index in [2.05, 4.69) is 40.6 Å². The molecule has 1 radical (unpaired) electrons. The maximum atomic E-state index is 4.64. The first-order chi connectivity index (χ1) is 10.4. The van der Waals surface area contributed by atoms with Crippen molar-refractivity contribution in [3.8, 4) is 11.1 Å². The number of H-pyrrole nitrogens is 1. The number of aromatic amines is 1. The van der Waals surface area contributed by atoms with Gasteiger partial charge in [0.15, 0.2) is 0 Å². The van der Waals surface area contributed by atoms with Crippen molar-refractivity contribution in [2.24, 2.45) is 0 Å². The van der Waals surface area contributed by atoms with Gasteiger partial charge in [0.2, 0.25) is 0 Å². The molecule has 109 valence electrons. The molecule has 0 spiro atoms. The van der Waals surface area contributed by atoms with Crippen LogP contribution in [0.4, 0.5) is 0 Å². The Balaban J connectivity index is 0.00000144. The summed E-state index contributed by atoms with van der Waals surface area (Å²) in [6, 6.07) is 13.6. The summed E-state index contributed by atoms with van der Waals surface area (Å²) >= 11 is 0. The maximum Gasteiger partial charge on any atom is 0.136 e. The number of aromatic nitrogens is 2. The topological polar surface area (TPSA) is 28.7 Å². The van der Waals surface area contributed by atoms with Gasteiger partial charge in [-0.2, -0.15) is 30.3 Å². The van der Waals surface area contributed by atoms with Crippen LogP contribution in [-0.2, 0) is 32.7 Å². The van der Waals surface area contributed by atoms with Gasteiger partial charge in [-0.3, -0.25) is 0 Å². The second kappa shape index (κ2) is 7.06. The molecular weight excluding hydrogens is 345 g/mol. The molecule has 0 saturated heterocycles. The number of pyridine rings is 1. The summed E-state index contributed by atoms with van der Waals surface area (Å²) in [5.41, 5.74) is 4.81. The third kappa shape index (κ3) is 3.05. The van der Waals surface area contributed by atoms with Crippen molar-refractivity contribution in [1.82, 2.24) is 9.97 Å². The van der Waals surface area contributed by atoms with E-state index in [-0.39, 0.29) is 32.7 Å². The van der Waals surface area contributed by atoms with Crippen LogP contribution in [0.2, 0.25) is 0 Å². The molecule has 0 atom stereocenters. The molecule has 0 bridgehead atoms. The smallest absolute Gasteiger partial charge is 0.136 e. The van der Waals surface area contributed by atoms with Crippen LogP contribution in [0.25, 0.3) is 22.2 Å². The molecule has 2 aromatic heterocycles. The fraction of sp³-hybridized carbons (Fsp3) is 0.316. The number of benzene rings is 1. The molecule has 0 amide bonds. The minimum absolute atomic E-state index is 0. The Bertz CT molecular complexity index is 742. The van der Waals surface area contributed by atoms with E-state index in [1.165, 1.54) is 54.2 Å². The molecule has 2 nitrogen and oxygen atoms in total. The first-order valence-electron chi connectivity index (χ1n) is 7.85. The standard InChI is InChI=1S/C19H19N2.Y/c1-3-7-14(8-4-1)16-11-17-18(13-21-19(17)20-12-16)15-9-5-2-6-10-15;/h2,5,9-14H,1,3-4,7-8H2,(H,20,21);/q-1;. The third-order valence-corrected chi connectivity index (χ3v) is 4.65. The first-order valence-corrected chi connectivity index (χ1v) is 7.85. The molecule has 1 N–H and O–H groups in total. The van der Waals surface area contributed by atoms with Crippen LogP contribution in [0.3, 0.4) is 0 Å². The molecule has 1 aromatic carbocycles. The minimum Gasteiger partial charge on any atom is -0.347 e. The summed E-state index contributed by atoms with van der Waals surface area (Å²) in [4.78, 5) is 7.93. The van der Waals surface area contributed by atoms with Gasteiger partial charge < -0.3 is 4.98 Å². The summed E-state index contributed by atoms with van der Waals surface area (Å²) in [7, 11) is 0. The van der Waals surface area contributed by atoms with Crippen LogP contribution in [-0.4, -0.2) is 9.97 Å². The average Bonchev–Trinajstić information content (AvgIpc) is 2.99. The molecule has 3 heteroatoms. The zero-order chi connectivity index (χ0) is 14.1. The van der Waals surface area contributed by atoms with Crippen molar-refractivity contribution in [3.05, 3.63) is 54.4 Å². The fourth-order valence-electron chi connectivity index (χ4n) is 3.48. The van der Waals surface area contributed by atoms with Gasteiger partial charge in [0.05, 0.1) is 0 Å². The van der Waals surface area contributed by atoms with Crippen molar-refractivity contribution in [3.63, 3.8) is 0 Å². The van der Waals surface area contributed by atoms with E-state index in [0.29, 0.717) is 5.92 Å². The van der Waals surface area contributed by atoms with Crippen LogP contribution >= 0.6 is 0 Å². The summed E-state index contributed by atoms with van der Waals surface area (Å²) in [6.07, 6.45) is 10.9. The summed E-state index contributed by atoms with van der Waals surface area (Å²) in [5, 5.41) is 1.23. The van der Waals surface area contributed by atoms with Crippen molar-refractivity contribution >= 4 is 11.0 Å². The number of hydrogen-bond donors (Lipinski definition) is 1. The quantitative estimate of drug-likeness (QED) is 0.632. The van der Waals surface area contributed by atoms with Gasteiger partial charge in [0.1, 0.15) is 5.65 Å². The van der Waals surface area contributed by atoms with Crippen molar-refractivity contribution in [2.45, 2.75) is 38.0 Å². The molecule has 1 aliphatic rings. The zero-order valence-corrected chi connectivity index (χ0v) is 15.5. The molecule has 3 aromatic rings. The summed E-state index contributed by atoms with van der Waals surface area (Å²) < 4.78 is 0. The predicted molar refractivity (Wildman–Crippen MR) is 86.2 cm³/mol. The van der Waals surface area contributed by atoms with Crippen LogP contribution in [0.5, 0.6) is 0 Å². The Morgan fingerprint density at radius 3 is 2.82 bits per heavy atom. The molecule has 1 aliphatic carbocycles. The van der Waals surface area contributed by atoms with E-state index in [9.17, 15) is 0 Å². The van der Waals surface area contributed by atoms with Gasteiger partial charge in [-0.1, -0.05) is 19.3 Å². The zero-order valence-electron chi connectivity index (χ0n) is 12.7. The fourth-order valence-corrected chi connectivity index (χ4v) is 3.48. The van der Waals surface area contributed by atoms with E-state index in [1.807, 2.05) is 18.2 Å². The second-order valence-electron chi connectivity index (χ2n) is 5.99. The second-order valence-corrected chi connectivity index (χ2v) is 5.99. The van der Waals surface area contributed by atoms with Gasteiger partial charge in [-0.05, 0) is 42.1 Å². The van der Waals surface area contributed by atoms with Crippen LogP contribution < -0.4 is 0 Å². The Labute approximate surface area is 156 Å². The SMILES string of the molecule is [Y].[c-]1cccc(-c2c[nH]c3ncc(C4CCCCC4)cc23)c1. The number of rotatable bonds is 2. The van der Waals surface area contributed by atoms with Gasteiger partial charge in [0, 0.05) is 44.3 Å². The third-order valence-electron chi connectivity index (χ3n) is 4.65. The largest absolute Gasteiger partial charge is 0.347 e. The Hall–Kier alpha value is -0.986. The van der Waals surface area contributed by atoms with Crippen LogP contribution in [0, 0.1) is 6.07 Å². The molecular formula is C19H19N2Y-. The molecule has 22 heavy (non-hydrogen) atoms. The van der Waals surface area contributed by atoms with Gasteiger partial charge in [-0.15, -0.1) is 5.56 Å². The number of fused-ring (bicyclic) bond motifs is 1. The van der Waals surface area contributed by atoms with Crippen molar-refractivity contribution in [1.29, 1.82) is 0 Å². The first kappa shape index (κ1) is 15.9. The number of hydrogen-bond acceptors (Lipinski definition) is 1. The molecule has 2 heterocycles. The Kier molecular flexibility index (Phi) is 5.10. The minimum atomic E-state index is 0. The van der Waals surface area contributed by atoms with E-state index in [0.717, 1.165) is 5.65 Å². The van der Waals surface area contributed by atoms with Crippen molar-refractivity contribution < 1.29 is 32.7 Å². The maximum absolute atomic E-state index is 4.64. The Morgan fingerprint density at radius 1 is 1.18 bits per heavy atom. The monoisotopic (exact) mass is 364 g/mol. The molecule has 1 saturated carbocycles.